The van der Waals surface area contributed by atoms with Crippen molar-refractivity contribution in [2.45, 2.75) is 0 Å². The van der Waals surface area contributed by atoms with Crippen LogP contribution in [-0.4, -0.2) is 14.2 Å². The summed E-state index contributed by atoms with van der Waals surface area (Å²) in [5.74, 6) is 1.71. The molecule has 2 nitrogen and oxygen atoms in total. The van der Waals surface area contributed by atoms with E-state index in [0.717, 1.165) is 22.6 Å². The van der Waals surface area contributed by atoms with E-state index >= 15 is 0 Å². The number of methoxy groups -OCH3 is 2. The number of ether oxygens (including phenoxy) is 2. The van der Waals surface area contributed by atoms with Crippen molar-refractivity contribution >= 4 is 45.8 Å². The van der Waals surface area contributed by atoms with Crippen LogP contribution in [0.5, 0.6) is 11.5 Å². The molecular weight excluding hydrogens is 488 g/mol. The van der Waals surface area contributed by atoms with E-state index < -0.39 is 0 Å². The highest BCUT2D eigenvalue weighted by molar-refractivity contribution is 6.11. The Bertz CT molecular complexity index is 1700. The zero-order valence-corrected chi connectivity index (χ0v) is 22.7. The SMILES string of the molecule is COc1ccc(/C=C\c2ccc3ccccc3c2-c2c(/C=C\c3ccc(OC)cc3)ccc3ccccc23)cc1. The molecule has 194 valence electrons. The van der Waals surface area contributed by atoms with Gasteiger partial charge in [0.05, 0.1) is 14.2 Å². The zero-order valence-electron chi connectivity index (χ0n) is 22.7. The van der Waals surface area contributed by atoms with Crippen molar-refractivity contribution in [1.82, 2.24) is 0 Å². The molecule has 0 N–H and O–H groups in total. The van der Waals surface area contributed by atoms with Gasteiger partial charge < -0.3 is 9.47 Å². The molecule has 0 saturated carbocycles. The summed E-state index contributed by atoms with van der Waals surface area (Å²) >= 11 is 0. The van der Waals surface area contributed by atoms with Gasteiger partial charge in [-0.1, -0.05) is 121 Å². The zero-order chi connectivity index (χ0) is 27.3. The number of rotatable bonds is 7. The Morgan fingerprint density at radius 2 is 0.800 bits per heavy atom. The monoisotopic (exact) mass is 518 g/mol. The average molecular weight is 519 g/mol. The fraction of sp³-hybridized carbons (Fsp3) is 0.0526. The summed E-state index contributed by atoms with van der Waals surface area (Å²) < 4.78 is 10.7. The van der Waals surface area contributed by atoms with Crippen molar-refractivity contribution in [2.75, 3.05) is 14.2 Å². The van der Waals surface area contributed by atoms with E-state index in [9.17, 15) is 0 Å². The second-order valence-electron chi connectivity index (χ2n) is 9.71. The molecule has 0 heterocycles. The summed E-state index contributed by atoms with van der Waals surface area (Å²) in [5, 5.41) is 4.90. The van der Waals surface area contributed by atoms with Crippen LogP contribution >= 0.6 is 0 Å². The van der Waals surface area contributed by atoms with E-state index in [1.807, 2.05) is 24.3 Å². The molecular formula is C38H30O2. The third-order valence-electron chi connectivity index (χ3n) is 7.31. The van der Waals surface area contributed by atoms with Crippen molar-refractivity contribution in [1.29, 1.82) is 0 Å². The molecule has 0 saturated heterocycles. The smallest absolute Gasteiger partial charge is 0.118 e. The van der Waals surface area contributed by atoms with E-state index in [-0.39, 0.29) is 0 Å². The van der Waals surface area contributed by atoms with Crippen LogP contribution in [0.2, 0.25) is 0 Å². The molecule has 0 atom stereocenters. The molecule has 2 heteroatoms. The van der Waals surface area contributed by atoms with Gasteiger partial charge >= 0.3 is 0 Å². The van der Waals surface area contributed by atoms with Gasteiger partial charge in [0.1, 0.15) is 11.5 Å². The van der Waals surface area contributed by atoms with Crippen LogP contribution in [0, 0.1) is 0 Å². The van der Waals surface area contributed by atoms with E-state index in [1.165, 1.54) is 43.8 Å². The first kappa shape index (κ1) is 25.2. The van der Waals surface area contributed by atoms with Gasteiger partial charge in [0.15, 0.2) is 0 Å². The molecule has 0 aliphatic heterocycles. The molecule has 0 radical (unpaired) electrons. The summed E-state index contributed by atoms with van der Waals surface area (Å²) in [6, 6.07) is 42.5. The molecule has 0 aromatic heterocycles. The molecule has 0 bridgehead atoms. The first-order chi connectivity index (χ1) is 19.7. The Kier molecular flexibility index (Phi) is 7.15. The van der Waals surface area contributed by atoms with E-state index in [1.54, 1.807) is 14.2 Å². The average Bonchev–Trinajstić information content (AvgIpc) is 3.03. The van der Waals surface area contributed by atoms with Crippen LogP contribution in [0.25, 0.3) is 57.0 Å². The van der Waals surface area contributed by atoms with Crippen molar-refractivity contribution < 1.29 is 9.47 Å². The van der Waals surface area contributed by atoms with E-state index in [4.69, 9.17) is 9.47 Å². The normalized spacial score (nSPS) is 11.6. The first-order valence-electron chi connectivity index (χ1n) is 13.4. The summed E-state index contributed by atoms with van der Waals surface area (Å²) in [4.78, 5) is 0. The van der Waals surface area contributed by atoms with Gasteiger partial charge in [-0.15, -0.1) is 0 Å². The van der Waals surface area contributed by atoms with Gasteiger partial charge in [-0.2, -0.15) is 0 Å². The Morgan fingerprint density at radius 3 is 1.20 bits per heavy atom. The van der Waals surface area contributed by atoms with Gasteiger partial charge in [-0.05, 0) is 79.2 Å². The van der Waals surface area contributed by atoms with Crippen LogP contribution in [0.3, 0.4) is 0 Å². The lowest BCUT2D eigenvalue weighted by molar-refractivity contribution is 0.414. The first-order valence-corrected chi connectivity index (χ1v) is 13.4. The third kappa shape index (κ3) is 5.12. The minimum Gasteiger partial charge on any atom is -0.497 e. The largest absolute Gasteiger partial charge is 0.497 e. The maximum Gasteiger partial charge on any atom is 0.118 e. The number of benzene rings is 6. The minimum atomic E-state index is 0.854. The third-order valence-corrected chi connectivity index (χ3v) is 7.31. The summed E-state index contributed by atoms with van der Waals surface area (Å²) in [7, 11) is 3.38. The van der Waals surface area contributed by atoms with Gasteiger partial charge in [-0.25, -0.2) is 0 Å². The Hall–Kier alpha value is -5.08. The minimum absolute atomic E-state index is 0.854. The van der Waals surface area contributed by atoms with Crippen LogP contribution < -0.4 is 9.47 Å². The molecule has 40 heavy (non-hydrogen) atoms. The second kappa shape index (κ2) is 11.3. The van der Waals surface area contributed by atoms with E-state index in [0.29, 0.717) is 0 Å². The fourth-order valence-electron chi connectivity index (χ4n) is 5.21. The molecule has 0 amide bonds. The highest BCUT2D eigenvalue weighted by Gasteiger charge is 2.15. The molecule has 6 aromatic rings. The van der Waals surface area contributed by atoms with Crippen LogP contribution in [0.4, 0.5) is 0 Å². The lowest BCUT2D eigenvalue weighted by Crippen LogP contribution is -1.92. The lowest BCUT2D eigenvalue weighted by Gasteiger charge is -2.17. The molecule has 0 fully saturated rings. The van der Waals surface area contributed by atoms with Crippen LogP contribution in [0.1, 0.15) is 22.3 Å². The molecule has 6 rings (SSSR count). The highest BCUT2D eigenvalue weighted by Crippen LogP contribution is 2.40. The lowest BCUT2D eigenvalue weighted by atomic mass is 9.86. The maximum atomic E-state index is 5.34. The second-order valence-corrected chi connectivity index (χ2v) is 9.71. The van der Waals surface area contributed by atoms with Gasteiger partial charge in [0.2, 0.25) is 0 Å². The van der Waals surface area contributed by atoms with Gasteiger partial charge in [-0.3, -0.25) is 0 Å². The van der Waals surface area contributed by atoms with Crippen molar-refractivity contribution in [3.05, 3.63) is 144 Å². The highest BCUT2D eigenvalue weighted by atomic mass is 16.5. The molecule has 0 aliphatic carbocycles. The quantitative estimate of drug-likeness (QED) is 0.196. The Labute approximate surface area is 235 Å². The Balaban J connectivity index is 1.56. The predicted molar refractivity (Wildman–Crippen MR) is 171 cm³/mol. The number of fused-ring (bicyclic) bond motifs is 2. The standard InChI is InChI=1S/C38H30O2/c1-39-33-23-13-27(14-24-33)11-17-31-21-19-29-7-3-5-9-35(29)37(31)38-32(22-20-30-8-4-6-10-36(30)38)18-12-28-15-25-34(40-2)26-16-28/h3-26H,1-2H3/b17-11-,18-12-. The summed E-state index contributed by atoms with van der Waals surface area (Å²) in [6.07, 6.45) is 8.79. The molecule has 6 aromatic carbocycles. The number of hydrogen-bond acceptors (Lipinski definition) is 2. The summed E-state index contributed by atoms with van der Waals surface area (Å²) in [5.41, 5.74) is 7.05. The number of hydrogen-bond donors (Lipinski definition) is 0. The van der Waals surface area contributed by atoms with Crippen LogP contribution in [0.15, 0.2) is 121 Å². The summed E-state index contributed by atoms with van der Waals surface area (Å²) in [6.45, 7) is 0. The fourth-order valence-corrected chi connectivity index (χ4v) is 5.21. The Morgan fingerprint density at radius 1 is 0.400 bits per heavy atom. The molecule has 0 aliphatic rings. The topological polar surface area (TPSA) is 18.5 Å². The van der Waals surface area contributed by atoms with E-state index in [2.05, 4.69) is 121 Å². The molecule has 0 unspecified atom stereocenters. The predicted octanol–water partition coefficient (Wildman–Crippen LogP) is 10.0. The van der Waals surface area contributed by atoms with Gasteiger partial charge in [0.25, 0.3) is 0 Å². The van der Waals surface area contributed by atoms with Gasteiger partial charge in [0, 0.05) is 0 Å². The molecule has 0 spiro atoms. The van der Waals surface area contributed by atoms with Crippen LogP contribution in [-0.2, 0) is 0 Å². The van der Waals surface area contributed by atoms with Crippen molar-refractivity contribution in [3.8, 4) is 22.6 Å². The van der Waals surface area contributed by atoms with Crippen molar-refractivity contribution in [2.24, 2.45) is 0 Å². The maximum absolute atomic E-state index is 5.34. The van der Waals surface area contributed by atoms with Crippen molar-refractivity contribution in [3.63, 3.8) is 0 Å².